The molecular weight excluding hydrogens is 382 g/mol. The van der Waals surface area contributed by atoms with Crippen LogP contribution in [0.1, 0.15) is 37.3 Å². The Hall–Kier alpha value is -3.06. The Kier molecular flexibility index (Phi) is 5.40. The molecule has 3 heterocycles. The lowest BCUT2D eigenvalue weighted by Gasteiger charge is -2.20. The largest absolute Gasteiger partial charge is 0.330 e. The van der Waals surface area contributed by atoms with Gasteiger partial charge in [0.2, 0.25) is 5.82 Å². The molecular formula is C22H23N5OS. The number of aromatic nitrogens is 4. The third-order valence-corrected chi connectivity index (χ3v) is 5.74. The van der Waals surface area contributed by atoms with E-state index in [1.807, 2.05) is 43.0 Å². The second kappa shape index (κ2) is 8.13. The monoisotopic (exact) mass is 405 g/mol. The van der Waals surface area contributed by atoms with Gasteiger partial charge < -0.3 is 4.90 Å². The summed E-state index contributed by atoms with van der Waals surface area (Å²) in [4.78, 5) is 26.3. The Morgan fingerprint density at radius 1 is 1.07 bits per heavy atom. The van der Waals surface area contributed by atoms with Gasteiger partial charge in [0.05, 0.1) is 6.54 Å². The molecule has 4 rings (SSSR count). The molecule has 6 nitrogen and oxygen atoms in total. The van der Waals surface area contributed by atoms with Crippen LogP contribution in [0, 0.1) is 20.8 Å². The van der Waals surface area contributed by atoms with E-state index in [0.717, 1.165) is 22.7 Å². The maximum atomic E-state index is 13.3. The van der Waals surface area contributed by atoms with Crippen LogP contribution in [-0.2, 0) is 13.0 Å². The average Bonchev–Trinajstić information content (AvgIpc) is 3.31. The van der Waals surface area contributed by atoms with Gasteiger partial charge >= 0.3 is 0 Å². The first-order valence-corrected chi connectivity index (χ1v) is 10.4. The lowest BCUT2D eigenvalue weighted by atomic mass is 10.1. The number of hydrogen-bond acceptors (Lipinski definition) is 5. The molecule has 0 saturated heterocycles. The Morgan fingerprint density at radius 2 is 1.86 bits per heavy atom. The molecule has 29 heavy (non-hydrogen) atoms. The fraction of sp³-hybridized carbons (Fsp3) is 0.273. The molecule has 0 unspecified atom stereocenters. The quantitative estimate of drug-likeness (QED) is 0.486. The van der Waals surface area contributed by atoms with E-state index < -0.39 is 0 Å². The van der Waals surface area contributed by atoms with Crippen LogP contribution in [0.5, 0.6) is 0 Å². The number of benzene rings is 1. The highest BCUT2D eigenvalue weighted by atomic mass is 32.1. The maximum Gasteiger partial charge on any atom is 0.293 e. The second-order valence-electron chi connectivity index (χ2n) is 7.16. The van der Waals surface area contributed by atoms with Crippen LogP contribution < -0.4 is 0 Å². The molecule has 1 aromatic carbocycles. The summed E-state index contributed by atoms with van der Waals surface area (Å²) >= 11 is 1.71. The van der Waals surface area contributed by atoms with Crippen LogP contribution in [0.15, 0.2) is 48.5 Å². The molecule has 0 fully saturated rings. The molecule has 0 N–H and O–H groups in total. The van der Waals surface area contributed by atoms with Gasteiger partial charge in [0, 0.05) is 27.7 Å². The molecule has 0 aliphatic rings. The number of amides is 1. The number of rotatable bonds is 6. The average molecular weight is 406 g/mol. The van der Waals surface area contributed by atoms with E-state index in [-0.39, 0.29) is 11.7 Å². The van der Waals surface area contributed by atoms with Crippen molar-refractivity contribution in [1.82, 2.24) is 24.5 Å². The summed E-state index contributed by atoms with van der Waals surface area (Å²) in [5.74, 6) is 0.475. The second-order valence-corrected chi connectivity index (χ2v) is 8.53. The van der Waals surface area contributed by atoms with Gasteiger partial charge in [-0.3, -0.25) is 4.79 Å². The lowest BCUT2D eigenvalue weighted by molar-refractivity contribution is 0.0734. The Morgan fingerprint density at radius 3 is 2.59 bits per heavy atom. The van der Waals surface area contributed by atoms with Crippen LogP contribution >= 0.6 is 11.3 Å². The first-order valence-electron chi connectivity index (χ1n) is 9.59. The topological polar surface area (TPSA) is 63.4 Å². The van der Waals surface area contributed by atoms with Crippen LogP contribution in [0.4, 0.5) is 0 Å². The summed E-state index contributed by atoms with van der Waals surface area (Å²) in [6.07, 6.45) is 0.778. The molecule has 0 atom stereocenters. The van der Waals surface area contributed by atoms with E-state index in [4.69, 9.17) is 0 Å². The van der Waals surface area contributed by atoms with Gasteiger partial charge in [-0.25, -0.2) is 9.50 Å². The third-order valence-electron chi connectivity index (χ3n) is 4.75. The van der Waals surface area contributed by atoms with Crippen LogP contribution in [0.3, 0.4) is 0 Å². The Balaban J connectivity index is 1.61. The molecule has 0 spiro atoms. The Bertz CT molecular complexity index is 1150. The van der Waals surface area contributed by atoms with Gasteiger partial charge in [-0.2, -0.15) is 4.98 Å². The Labute approximate surface area is 173 Å². The van der Waals surface area contributed by atoms with Crippen molar-refractivity contribution >= 4 is 23.0 Å². The minimum Gasteiger partial charge on any atom is -0.330 e. The van der Waals surface area contributed by atoms with Crippen molar-refractivity contribution in [1.29, 1.82) is 0 Å². The van der Waals surface area contributed by atoms with E-state index in [0.29, 0.717) is 18.9 Å². The van der Waals surface area contributed by atoms with Crippen LogP contribution in [-0.4, -0.2) is 36.9 Å². The number of carbonyl (C=O) groups is 1. The van der Waals surface area contributed by atoms with Crippen molar-refractivity contribution in [2.75, 3.05) is 6.54 Å². The fourth-order valence-corrected chi connectivity index (χ4v) is 4.22. The molecule has 0 aliphatic carbocycles. The van der Waals surface area contributed by atoms with Crippen LogP contribution in [0.2, 0.25) is 0 Å². The molecule has 7 heteroatoms. The molecule has 0 aliphatic heterocycles. The van der Waals surface area contributed by atoms with Crippen molar-refractivity contribution < 1.29 is 4.79 Å². The van der Waals surface area contributed by atoms with Gasteiger partial charge in [0.1, 0.15) is 0 Å². The van der Waals surface area contributed by atoms with Gasteiger partial charge in [0.15, 0.2) is 0 Å². The summed E-state index contributed by atoms with van der Waals surface area (Å²) in [7, 11) is 0. The number of fused-ring (bicyclic) bond motifs is 1. The standard InChI is InChI=1S/C22H23N5OS/c1-15-13-16(2)27-22(23-15)24-20(25-27)21(28)26(14-19-10-9-17(3)29-19)12-11-18-7-5-4-6-8-18/h4-10,13H,11-12,14H2,1-3H3. The van der Waals surface area contributed by atoms with Gasteiger partial charge in [-0.05, 0) is 51.0 Å². The minimum atomic E-state index is -0.172. The third kappa shape index (κ3) is 4.35. The first-order chi connectivity index (χ1) is 14.0. The number of thiophene rings is 1. The van der Waals surface area contributed by atoms with Gasteiger partial charge in [-0.15, -0.1) is 16.4 Å². The molecule has 1 amide bonds. The molecule has 4 aromatic rings. The summed E-state index contributed by atoms with van der Waals surface area (Å²) in [6, 6.07) is 16.3. The predicted molar refractivity (Wildman–Crippen MR) is 114 cm³/mol. The normalized spacial score (nSPS) is 11.1. The van der Waals surface area contributed by atoms with Gasteiger partial charge in [0.25, 0.3) is 11.7 Å². The van der Waals surface area contributed by atoms with Crippen molar-refractivity contribution in [2.45, 2.75) is 33.7 Å². The SMILES string of the molecule is Cc1cc(C)n2nc(C(=O)N(CCc3ccccc3)Cc3ccc(C)s3)nc2n1. The molecule has 148 valence electrons. The zero-order chi connectivity index (χ0) is 20.4. The number of nitrogens with zero attached hydrogens (tertiary/aromatic N) is 5. The number of hydrogen-bond donors (Lipinski definition) is 0. The van der Waals surface area contributed by atoms with Crippen molar-refractivity contribution in [2.24, 2.45) is 0 Å². The lowest BCUT2D eigenvalue weighted by Crippen LogP contribution is -2.33. The summed E-state index contributed by atoms with van der Waals surface area (Å²) in [5.41, 5.74) is 2.96. The minimum absolute atomic E-state index is 0.172. The highest BCUT2D eigenvalue weighted by Gasteiger charge is 2.22. The zero-order valence-electron chi connectivity index (χ0n) is 16.8. The number of aryl methyl sites for hydroxylation is 3. The molecule has 0 bridgehead atoms. The van der Waals surface area contributed by atoms with E-state index in [9.17, 15) is 4.79 Å². The molecule has 0 saturated carbocycles. The van der Waals surface area contributed by atoms with Gasteiger partial charge in [-0.1, -0.05) is 30.3 Å². The van der Waals surface area contributed by atoms with Crippen molar-refractivity contribution in [3.8, 4) is 0 Å². The number of carbonyl (C=O) groups excluding carboxylic acids is 1. The highest BCUT2D eigenvalue weighted by molar-refractivity contribution is 7.11. The van der Waals surface area contributed by atoms with E-state index in [2.05, 4.69) is 46.3 Å². The zero-order valence-corrected chi connectivity index (χ0v) is 17.6. The van der Waals surface area contributed by atoms with Crippen LogP contribution in [0.25, 0.3) is 5.78 Å². The first kappa shape index (κ1) is 19.3. The molecule has 3 aromatic heterocycles. The maximum absolute atomic E-state index is 13.3. The molecule has 0 radical (unpaired) electrons. The van der Waals surface area contributed by atoms with E-state index in [1.165, 1.54) is 10.4 Å². The van der Waals surface area contributed by atoms with Crippen molar-refractivity contribution in [3.05, 3.63) is 81.1 Å². The smallest absolute Gasteiger partial charge is 0.293 e. The van der Waals surface area contributed by atoms with E-state index in [1.54, 1.807) is 15.9 Å². The highest BCUT2D eigenvalue weighted by Crippen LogP contribution is 2.19. The summed E-state index contributed by atoms with van der Waals surface area (Å²) in [5, 5.41) is 4.43. The summed E-state index contributed by atoms with van der Waals surface area (Å²) in [6.45, 7) is 7.07. The van der Waals surface area contributed by atoms with Crippen molar-refractivity contribution in [3.63, 3.8) is 0 Å². The summed E-state index contributed by atoms with van der Waals surface area (Å²) < 4.78 is 1.63. The van der Waals surface area contributed by atoms with E-state index >= 15 is 0 Å². The fourth-order valence-electron chi connectivity index (χ4n) is 3.32. The predicted octanol–water partition coefficient (Wildman–Crippen LogP) is 4.00.